The van der Waals surface area contributed by atoms with Crippen LogP contribution in [0.5, 0.6) is 0 Å². The van der Waals surface area contributed by atoms with Crippen LogP contribution in [0.2, 0.25) is 0 Å². The van der Waals surface area contributed by atoms with E-state index in [0.717, 1.165) is 43.6 Å². The first-order chi connectivity index (χ1) is 13.8. The second-order valence-electron chi connectivity index (χ2n) is 7.71. The summed E-state index contributed by atoms with van der Waals surface area (Å²) in [6.07, 6.45) is 6.08. The van der Waals surface area contributed by atoms with Gasteiger partial charge in [-0.1, -0.05) is 12.8 Å². The van der Waals surface area contributed by atoms with Gasteiger partial charge in [0.05, 0.1) is 6.54 Å². The Labute approximate surface area is 203 Å². The van der Waals surface area contributed by atoms with Crippen LogP contribution >= 0.6 is 35.3 Å². The van der Waals surface area contributed by atoms with Crippen molar-refractivity contribution in [3.63, 3.8) is 0 Å². The number of ether oxygens (including phenoxy) is 1. The molecule has 2 rings (SSSR count). The number of nitrogens with one attached hydrogen (secondary N) is 2. The van der Waals surface area contributed by atoms with Crippen molar-refractivity contribution in [2.45, 2.75) is 56.7 Å². The van der Waals surface area contributed by atoms with Crippen LogP contribution in [0.4, 0.5) is 0 Å². The van der Waals surface area contributed by atoms with E-state index in [9.17, 15) is 8.42 Å². The van der Waals surface area contributed by atoms with E-state index in [-0.39, 0.29) is 29.4 Å². The molecular weight excluding hydrogens is 535 g/mol. The number of rotatable bonds is 11. The Bertz CT molecular complexity index is 760. The highest BCUT2D eigenvalue weighted by molar-refractivity contribution is 14.0. The van der Waals surface area contributed by atoms with Gasteiger partial charge in [-0.15, -0.1) is 35.3 Å². The second-order valence-corrected chi connectivity index (χ2v) is 11.3. The van der Waals surface area contributed by atoms with Gasteiger partial charge in [-0.05, 0) is 50.7 Å². The average molecular weight is 573 g/mol. The van der Waals surface area contributed by atoms with E-state index in [2.05, 4.69) is 15.6 Å². The Balaban J connectivity index is 0.00000450. The van der Waals surface area contributed by atoms with Gasteiger partial charge in [0.2, 0.25) is 0 Å². The normalized spacial score (nSPS) is 16.5. The molecule has 0 spiro atoms. The monoisotopic (exact) mass is 572 g/mol. The third-order valence-corrected chi connectivity index (χ3v) is 8.74. The maximum absolute atomic E-state index is 12.2. The molecule has 0 unspecified atom stereocenters. The summed E-state index contributed by atoms with van der Waals surface area (Å²) >= 11 is 1.28. The van der Waals surface area contributed by atoms with Crippen LogP contribution in [0.25, 0.3) is 0 Å². The number of halogens is 1. The molecule has 1 saturated carbocycles. The Hall–Kier alpha value is -0.430. The summed E-state index contributed by atoms with van der Waals surface area (Å²) in [4.78, 5) is 5.60. The molecule has 1 aromatic heterocycles. The van der Waals surface area contributed by atoms with E-state index < -0.39 is 10.0 Å². The number of sulfonamides is 1. The standard InChI is InChI=1S/C20H36N4O3S2.HI/c1-5-21-19(23-16-20(11-7-8-12-20)13-14-27-6-2)22-15-17-9-10-18(28-17)29(25,26)24(3)4;/h9-10H,5-8,11-16H2,1-4H3,(H2,21,22,23);1H. The Morgan fingerprint density at radius 1 is 1.23 bits per heavy atom. The molecule has 174 valence electrons. The molecule has 7 nitrogen and oxygen atoms in total. The lowest BCUT2D eigenvalue weighted by Crippen LogP contribution is -2.43. The highest BCUT2D eigenvalue weighted by Gasteiger charge is 2.33. The molecule has 1 heterocycles. The van der Waals surface area contributed by atoms with E-state index >= 15 is 0 Å². The van der Waals surface area contributed by atoms with Crippen LogP contribution in [-0.2, 0) is 21.3 Å². The summed E-state index contributed by atoms with van der Waals surface area (Å²) in [7, 11) is -0.293. The molecule has 0 radical (unpaired) electrons. The van der Waals surface area contributed by atoms with E-state index in [4.69, 9.17) is 4.74 Å². The van der Waals surface area contributed by atoms with Crippen LogP contribution in [0.3, 0.4) is 0 Å². The molecule has 0 bridgehead atoms. The largest absolute Gasteiger partial charge is 0.382 e. The predicted octanol–water partition coefficient (Wildman–Crippen LogP) is 3.66. The van der Waals surface area contributed by atoms with Crippen LogP contribution in [0, 0.1) is 5.41 Å². The molecule has 0 aromatic carbocycles. The number of thiophene rings is 1. The van der Waals surface area contributed by atoms with Crippen molar-refractivity contribution in [1.29, 1.82) is 0 Å². The molecule has 0 atom stereocenters. The molecule has 2 N–H and O–H groups in total. The van der Waals surface area contributed by atoms with E-state index in [1.165, 1.54) is 41.3 Å². The molecule has 10 heteroatoms. The number of hydrogen-bond donors (Lipinski definition) is 2. The van der Waals surface area contributed by atoms with Crippen molar-refractivity contribution in [1.82, 2.24) is 14.9 Å². The maximum Gasteiger partial charge on any atom is 0.252 e. The van der Waals surface area contributed by atoms with E-state index in [1.54, 1.807) is 20.2 Å². The summed E-state index contributed by atoms with van der Waals surface area (Å²) in [5.41, 5.74) is 0.279. The van der Waals surface area contributed by atoms with Crippen molar-refractivity contribution in [3.05, 3.63) is 17.0 Å². The fraction of sp³-hybridized carbons (Fsp3) is 0.750. The summed E-state index contributed by atoms with van der Waals surface area (Å²) < 4.78 is 31.7. The fourth-order valence-electron chi connectivity index (χ4n) is 3.60. The first kappa shape index (κ1) is 27.6. The lowest BCUT2D eigenvalue weighted by Gasteiger charge is -2.30. The molecule has 1 aliphatic carbocycles. The van der Waals surface area contributed by atoms with Crippen molar-refractivity contribution in [2.75, 3.05) is 40.4 Å². The Kier molecular flexibility index (Phi) is 12.1. The third kappa shape index (κ3) is 7.92. The fourth-order valence-corrected chi connectivity index (χ4v) is 6.05. The van der Waals surface area contributed by atoms with Crippen molar-refractivity contribution < 1.29 is 13.2 Å². The van der Waals surface area contributed by atoms with Crippen LogP contribution in [0.15, 0.2) is 21.3 Å². The molecule has 0 aliphatic heterocycles. The molecule has 1 aromatic rings. The van der Waals surface area contributed by atoms with Gasteiger partial charge in [0.15, 0.2) is 5.96 Å². The minimum Gasteiger partial charge on any atom is -0.382 e. The highest BCUT2D eigenvalue weighted by Crippen LogP contribution is 2.40. The first-order valence-corrected chi connectivity index (χ1v) is 12.7. The topological polar surface area (TPSA) is 83.0 Å². The molecule has 1 fully saturated rings. The predicted molar refractivity (Wildman–Crippen MR) is 135 cm³/mol. The number of nitrogens with zero attached hydrogens (tertiary/aromatic N) is 2. The van der Waals surface area contributed by atoms with Crippen molar-refractivity contribution in [2.24, 2.45) is 10.4 Å². The van der Waals surface area contributed by atoms with Gasteiger partial charge < -0.3 is 15.4 Å². The molecule has 30 heavy (non-hydrogen) atoms. The zero-order chi connectivity index (χ0) is 21.3. The van der Waals surface area contributed by atoms with Crippen LogP contribution < -0.4 is 10.6 Å². The Morgan fingerprint density at radius 2 is 1.93 bits per heavy atom. The van der Waals surface area contributed by atoms with Gasteiger partial charge in [-0.25, -0.2) is 17.7 Å². The second kappa shape index (κ2) is 13.2. The van der Waals surface area contributed by atoms with Crippen molar-refractivity contribution >= 4 is 51.3 Å². The van der Waals surface area contributed by atoms with E-state index in [1.807, 2.05) is 19.9 Å². The number of guanidine groups is 1. The minimum absolute atomic E-state index is 0. The molecular formula is C20H37IN4O3S2. The lowest BCUT2D eigenvalue weighted by atomic mass is 9.83. The zero-order valence-corrected chi connectivity index (χ0v) is 22.5. The van der Waals surface area contributed by atoms with Crippen molar-refractivity contribution in [3.8, 4) is 0 Å². The van der Waals surface area contributed by atoms with Gasteiger partial charge in [0.1, 0.15) is 4.21 Å². The first-order valence-electron chi connectivity index (χ1n) is 10.4. The molecule has 1 aliphatic rings. The smallest absolute Gasteiger partial charge is 0.252 e. The quantitative estimate of drug-likeness (QED) is 0.183. The summed E-state index contributed by atoms with van der Waals surface area (Å²) in [6, 6.07) is 3.50. The van der Waals surface area contributed by atoms with Crippen LogP contribution in [-0.4, -0.2) is 59.1 Å². The molecule has 0 saturated heterocycles. The highest BCUT2D eigenvalue weighted by atomic mass is 127. The number of aliphatic imine (C=N–C) groups is 1. The SMILES string of the molecule is CCNC(=NCc1ccc(S(=O)(=O)N(C)C)s1)NCC1(CCOCC)CCCC1.I. The van der Waals surface area contributed by atoms with Gasteiger partial charge in [0.25, 0.3) is 10.0 Å². The van der Waals surface area contributed by atoms with E-state index in [0.29, 0.717) is 10.8 Å². The number of hydrogen-bond acceptors (Lipinski definition) is 5. The van der Waals surface area contributed by atoms with Crippen LogP contribution in [0.1, 0.15) is 50.8 Å². The maximum atomic E-state index is 12.2. The average Bonchev–Trinajstić information content (AvgIpc) is 3.35. The summed E-state index contributed by atoms with van der Waals surface area (Å²) in [6.45, 7) is 7.78. The Morgan fingerprint density at radius 3 is 2.53 bits per heavy atom. The van der Waals surface area contributed by atoms with Gasteiger partial charge in [-0.3, -0.25) is 0 Å². The van der Waals surface area contributed by atoms with Gasteiger partial charge >= 0.3 is 0 Å². The molecule has 0 amide bonds. The third-order valence-electron chi connectivity index (χ3n) is 5.39. The van der Waals surface area contributed by atoms with Gasteiger partial charge in [0, 0.05) is 45.3 Å². The zero-order valence-electron chi connectivity index (χ0n) is 18.6. The minimum atomic E-state index is -3.39. The lowest BCUT2D eigenvalue weighted by molar-refractivity contribution is 0.105. The summed E-state index contributed by atoms with van der Waals surface area (Å²) in [5.74, 6) is 0.778. The van der Waals surface area contributed by atoms with Gasteiger partial charge in [-0.2, -0.15) is 0 Å². The summed E-state index contributed by atoms with van der Waals surface area (Å²) in [5, 5.41) is 6.82.